The molecule has 0 radical (unpaired) electrons. The molecule has 1 amide bonds. The van der Waals surface area contributed by atoms with Gasteiger partial charge in [-0.1, -0.05) is 48.5 Å². The zero-order chi connectivity index (χ0) is 15.2. The van der Waals surface area contributed by atoms with Crippen molar-refractivity contribution in [2.75, 3.05) is 13.6 Å². The van der Waals surface area contributed by atoms with E-state index in [1.165, 1.54) is 0 Å². The third kappa shape index (κ3) is 3.61. The fourth-order valence-corrected chi connectivity index (χ4v) is 2.31. The van der Waals surface area contributed by atoms with Crippen molar-refractivity contribution in [3.05, 3.63) is 65.7 Å². The second-order valence-electron chi connectivity index (χ2n) is 5.02. The molecular weight excluding hydrogens is 264 g/mol. The van der Waals surface area contributed by atoms with Gasteiger partial charge in [-0.15, -0.1) is 0 Å². The summed E-state index contributed by atoms with van der Waals surface area (Å²) in [6.45, 7) is 0.614. The summed E-state index contributed by atoms with van der Waals surface area (Å²) in [5.74, 6) is -0.213. The number of carbonyl (C=O) groups is 1. The molecule has 0 fully saturated rings. The van der Waals surface area contributed by atoms with Crippen molar-refractivity contribution in [1.29, 1.82) is 0 Å². The van der Waals surface area contributed by atoms with Crippen LogP contribution in [0, 0.1) is 0 Å². The number of carbonyl (C=O) groups excluding carboxylic acids is 1. The van der Waals surface area contributed by atoms with Crippen LogP contribution in [0.15, 0.2) is 54.6 Å². The average Bonchev–Trinajstić information content (AvgIpc) is 2.51. The number of nitrogens with two attached hydrogens (primary N) is 1. The number of nitrogens with zero attached hydrogens (tertiary/aromatic N) is 1. The molecule has 0 saturated carbocycles. The standard InChI is InChI=1S/C17H20N2O2/c1-19(12-14-9-5-6-10-16(14)20)17(21)15(11-18)13-7-3-2-4-8-13/h2-10,15,20H,11-12,18H2,1H3. The first-order chi connectivity index (χ1) is 10.1. The van der Waals surface area contributed by atoms with Crippen LogP contribution in [0.4, 0.5) is 0 Å². The highest BCUT2D eigenvalue weighted by Crippen LogP contribution is 2.21. The van der Waals surface area contributed by atoms with Crippen LogP contribution in [0.2, 0.25) is 0 Å². The summed E-state index contributed by atoms with van der Waals surface area (Å²) in [5.41, 5.74) is 7.40. The van der Waals surface area contributed by atoms with E-state index < -0.39 is 0 Å². The van der Waals surface area contributed by atoms with E-state index in [4.69, 9.17) is 5.73 Å². The van der Waals surface area contributed by atoms with Gasteiger partial charge in [0.1, 0.15) is 5.75 Å². The number of phenols is 1. The molecule has 1 atom stereocenters. The minimum absolute atomic E-state index is 0.0491. The van der Waals surface area contributed by atoms with E-state index in [1.807, 2.05) is 36.4 Å². The fourth-order valence-electron chi connectivity index (χ4n) is 2.31. The maximum atomic E-state index is 12.6. The van der Waals surface area contributed by atoms with E-state index in [1.54, 1.807) is 30.1 Å². The number of likely N-dealkylation sites (N-methyl/N-ethyl adjacent to an activating group) is 1. The van der Waals surface area contributed by atoms with Crippen LogP contribution in [-0.4, -0.2) is 29.5 Å². The molecule has 2 aromatic carbocycles. The molecule has 0 aromatic heterocycles. The van der Waals surface area contributed by atoms with Crippen LogP contribution in [0.25, 0.3) is 0 Å². The van der Waals surface area contributed by atoms with E-state index in [0.29, 0.717) is 6.54 Å². The Morgan fingerprint density at radius 2 is 1.76 bits per heavy atom. The zero-order valence-electron chi connectivity index (χ0n) is 12.1. The van der Waals surface area contributed by atoms with Gasteiger partial charge >= 0.3 is 0 Å². The largest absolute Gasteiger partial charge is 0.508 e. The normalized spacial score (nSPS) is 11.9. The van der Waals surface area contributed by atoms with Gasteiger partial charge in [0.15, 0.2) is 0 Å². The third-order valence-electron chi connectivity index (χ3n) is 3.51. The summed E-state index contributed by atoms with van der Waals surface area (Å²) in [6.07, 6.45) is 0. The van der Waals surface area contributed by atoms with Crippen molar-refractivity contribution in [1.82, 2.24) is 4.90 Å². The number of benzene rings is 2. The van der Waals surface area contributed by atoms with Crippen molar-refractivity contribution in [3.8, 4) is 5.75 Å². The Bertz CT molecular complexity index is 599. The molecule has 2 aromatic rings. The number of aromatic hydroxyl groups is 1. The van der Waals surface area contributed by atoms with Crippen LogP contribution >= 0.6 is 0 Å². The molecule has 0 spiro atoms. The lowest BCUT2D eigenvalue weighted by Crippen LogP contribution is -2.34. The SMILES string of the molecule is CN(Cc1ccccc1O)C(=O)C(CN)c1ccccc1. The first kappa shape index (κ1) is 15.1. The summed E-state index contributed by atoms with van der Waals surface area (Å²) in [7, 11) is 1.72. The highest BCUT2D eigenvalue weighted by Gasteiger charge is 2.22. The van der Waals surface area contributed by atoms with E-state index >= 15 is 0 Å². The Kier molecular flexibility index (Phi) is 4.95. The predicted octanol–water partition coefficient (Wildman–Crippen LogP) is 2.09. The second kappa shape index (κ2) is 6.90. The van der Waals surface area contributed by atoms with Crippen LogP contribution in [0.1, 0.15) is 17.0 Å². The van der Waals surface area contributed by atoms with Gasteiger partial charge in [-0.05, 0) is 11.6 Å². The van der Waals surface area contributed by atoms with E-state index in [9.17, 15) is 9.90 Å². The Morgan fingerprint density at radius 3 is 2.38 bits per heavy atom. The van der Waals surface area contributed by atoms with E-state index in [2.05, 4.69) is 0 Å². The van der Waals surface area contributed by atoms with Crippen molar-refractivity contribution in [2.45, 2.75) is 12.5 Å². The van der Waals surface area contributed by atoms with Gasteiger partial charge in [0.05, 0.1) is 5.92 Å². The molecule has 4 heteroatoms. The minimum atomic E-state index is -0.359. The number of hydrogen-bond acceptors (Lipinski definition) is 3. The first-order valence-corrected chi connectivity index (χ1v) is 6.90. The highest BCUT2D eigenvalue weighted by atomic mass is 16.3. The monoisotopic (exact) mass is 284 g/mol. The summed E-state index contributed by atoms with van der Waals surface area (Å²) in [4.78, 5) is 14.2. The van der Waals surface area contributed by atoms with Crippen LogP contribution in [-0.2, 0) is 11.3 Å². The Morgan fingerprint density at radius 1 is 1.14 bits per heavy atom. The lowest BCUT2D eigenvalue weighted by molar-refractivity contribution is -0.131. The summed E-state index contributed by atoms with van der Waals surface area (Å²) >= 11 is 0. The van der Waals surface area contributed by atoms with Crippen LogP contribution < -0.4 is 5.73 Å². The molecule has 4 nitrogen and oxygen atoms in total. The van der Waals surface area contributed by atoms with Crippen molar-refractivity contribution in [2.24, 2.45) is 5.73 Å². The lowest BCUT2D eigenvalue weighted by Gasteiger charge is -2.23. The molecule has 0 aliphatic heterocycles. The Labute approximate surface area is 124 Å². The van der Waals surface area contributed by atoms with Gasteiger partial charge in [0, 0.05) is 25.7 Å². The van der Waals surface area contributed by atoms with Gasteiger partial charge < -0.3 is 15.7 Å². The number of hydrogen-bond donors (Lipinski definition) is 2. The van der Waals surface area contributed by atoms with E-state index in [0.717, 1.165) is 11.1 Å². The molecule has 0 saturated heterocycles. The van der Waals surface area contributed by atoms with Crippen LogP contribution in [0.3, 0.4) is 0 Å². The molecule has 2 rings (SSSR count). The predicted molar refractivity (Wildman–Crippen MR) is 82.8 cm³/mol. The highest BCUT2D eigenvalue weighted by molar-refractivity contribution is 5.83. The quantitative estimate of drug-likeness (QED) is 0.883. The molecular formula is C17H20N2O2. The Hall–Kier alpha value is -2.33. The lowest BCUT2D eigenvalue weighted by atomic mass is 9.97. The smallest absolute Gasteiger partial charge is 0.231 e. The van der Waals surface area contributed by atoms with Gasteiger partial charge in [-0.3, -0.25) is 4.79 Å². The van der Waals surface area contributed by atoms with E-state index in [-0.39, 0.29) is 24.1 Å². The summed E-state index contributed by atoms with van der Waals surface area (Å²) in [6, 6.07) is 16.5. The molecule has 3 N–H and O–H groups in total. The molecule has 0 aliphatic carbocycles. The molecule has 0 heterocycles. The number of rotatable bonds is 5. The number of para-hydroxylation sites is 1. The van der Waals surface area contributed by atoms with Gasteiger partial charge in [0.25, 0.3) is 0 Å². The zero-order valence-corrected chi connectivity index (χ0v) is 12.1. The first-order valence-electron chi connectivity index (χ1n) is 6.90. The van der Waals surface area contributed by atoms with Crippen molar-refractivity contribution < 1.29 is 9.90 Å². The van der Waals surface area contributed by atoms with Gasteiger partial charge in [0.2, 0.25) is 5.91 Å². The average molecular weight is 284 g/mol. The maximum absolute atomic E-state index is 12.6. The van der Waals surface area contributed by atoms with Crippen molar-refractivity contribution in [3.63, 3.8) is 0 Å². The second-order valence-corrected chi connectivity index (χ2v) is 5.02. The molecule has 110 valence electrons. The molecule has 21 heavy (non-hydrogen) atoms. The van der Waals surface area contributed by atoms with Crippen molar-refractivity contribution >= 4 is 5.91 Å². The molecule has 0 aliphatic rings. The molecule has 0 bridgehead atoms. The molecule has 1 unspecified atom stereocenters. The summed E-state index contributed by atoms with van der Waals surface area (Å²) < 4.78 is 0. The number of phenolic OH excluding ortho intramolecular Hbond substituents is 1. The number of amides is 1. The summed E-state index contributed by atoms with van der Waals surface area (Å²) in [5, 5.41) is 9.79. The van der Waals surface area contributed by atoms with Gasteiger partial charge in [-0.2, -0.15) is 0 Å². The topological polar surface area (TPSA) is 66.6 Å². The fraction of sp³-hybridized carbons (Fsp3) is 0.235. The maximum Gasteiger partial charge on any atom is 0.231 e. The van der Waals surface area contributed by atoms with Gasteiger partial charge in [-0.25, -0.2) is 0 Å². The van der Waals surface area contributed by atoms with Crippen LogP contribution in [0.5, 0.6) is 5.75 Å². The minimum Gasteiger partial charge on any atom is -0.508 e. The Balaban J connectivity index is 2.13. The third-order valence-corrected chi connectivity index (χ3v) is 3.51.